The number of nitrogens with one attached hydrogen (secondary N) is 1. The van der Waals surface area contributed by atoms with E-state index in [1.54, 1.807) is 0 Å². The molecule has 1 aromatic rings. The van der Waals surface area contributed by atoms with Gasteiger partial charge in [0.25, 0.3) is 0 Å². The van der Waals surface area contributed by atoms with E-state index < -0.39 is 0 Å². The van der Waals surface area contributed by atoms with Gasteiger partial charge in [0, 0.05) is 12.0 Å². The van der Waals surface area contributed by atoms with Gasteiger partial charge < -0.3 is 11.1 Å². The van der Waals surface area contributed by atoms with Crippen LogP contribution in [0.5, 0.6) is 0 Å². The van der Waals surface area contributed by atoms with Crippen LogP contribution in [-0.2, 0) is 4.79 Å². The first-order chi connectivity index (χ1) is 9.06. The molecule has 1 saturated carbocycles. The number of hydrogen-bond acceptors (Lipinski definition) is 2. The number of hydrogen-bond donors (Lipinski definition) is 2. The number of benzene rings is 1. The van der Waals surface area contributed by atoms with Gasteiger partial charge in [0.15, 0.2) is 0 Å². The molecule has 3 heteroatoms. The van der Waals surface area contributed by atoms with Crippen LogP contribution in [-0.4, -0.2) is 11.9 Å². The minimum atomic E-state index is 0.0613. The lowest BCUT2D eigenvalue weighted by atomic mass is 9.85. The van der Waals surface area contributed by atoms with Gasteiger partial charge in [-0.05, 0) is 38.7 Å². The third-order valence-electron chi connectivity index (χ3n) is 4.02. The van der Waals surface area contributed by atoms with Crippen LogP contribution in [0.15, 0.2) is 24.3 Å². The summed E-state index contributed by atoms with van der Waals surface area (Å²) in [7, 11) is 0. The van der Waals surface area contributed by atoms with Crippen LogP contribution in [0.25, 0.3) is 0 Å². The van der Waals surface area contributed by atoms with E-state index in [9.17, 15) is 4.79 Å². The molecular formula is C16H24N2O. The van der Waals surface area contributed by atoms with Gasteiger partial charge in [-0.25, -0.2) is 0 Å². The standard InChI is InChI=1S/C16H24N2O/c1-11-6-8-13(9-7-11)12(2)18-16(19)14-4-3-5-15(17)10-14/h6-9,12,14-15H,3-5,10,17H2,1-2H3,(H,18,19)/t12-,14?,15?/m1/s1. The van der Waals surface area contributed by atoms with Crippen molar-refractivity contribution in [3.8, 4) is 0 Å². The van der Waals surface area contributed by atoms with Gasteiger partial charge in [0.2, 0.25) is 5.91 Å². The number of aryl methyl sites for hydroxylation is 1. The van der Waals surface area contributed by atoms with Crippen molar-refractivity contribution in [1.29, 1.82) is 0 Å². The average Bonchev–Trinajstić information content (AvgIpc) is 2.39. The fourth-order valence-electron chi connectivity index (χ4n) is 2.74. The highest BCUT2D eigenvalue weighted by molar-refractivity contribution is 5.79. The number of amides is 1. The first-order valence-electron chi connectivity index (χ1n) is 7.19. The van der Waals surface area contributed by atoms with Crippen molar-refractivity contribution in [2.24, 2.45) is 11.7 Å². The van der Waals surface area contributed by atoms with Crippen LogP contribution in [0.3, 0.4) is 0 Å². The first-order valence-corrected chi connectivity index (χ1v) is 7.19. The topological polar surface area (TPSA) is 55.1 Å². The lowest BCUT2D eigenvalue weighted by molar-refractivity contribution is -0.126. The molecule has 1 aromatic carbocycles. The van der Waals surface area contributed by atoms with Crippen molar-refractivity contribution in [2.75, 3.05) is 0 Å². The molecule has 1 aliphatic rings. The van der Waals surface area contributed by atoms with Crippen LogP contribution in [0.4, 0.5) is 0 Å². The van der Waals surface area contributed by atoms with E-state index >= 15 is 0 Å². The Kier molecular flexibility index (Phi) is 4.59. The second-order valence-corrected chi connectivity index (χ2v) is 5.76. The molecule has 3 nitrogen and oxygen atoms in total. The number of nitrogens with two attached hydrogens (primary N) is 1. The Bertz CT molecular complexity index is 427. The molecule has 0 heterocycles. The maximum Gasteiger partial charge on any atom is 0.223 e. The summed E-state index contributed by atoms with van der Waals surface area (Å²) >= 11 is 0. The maximum absolute atomic E-state index is 12.2. The Morgan fingerprint density at radius 3 is 2.63 bits per heavy atom. The zero-order chi connectivity index (χ0) is 13.8. The third-order valence-corrected chi connectivity index (χ3v) is 4.02. The van der Waals surface area contributed by atoms with Gasteiger partial charge in [-0.3, -0.25) is 4.79 Å². The van der Waals surface area contributed by atoms with Crippen LogP contribution in [0.2, 0.25) is 0 Å². The zero-order valence-electron chi connectivity index (χ0n) is 11.9. The monoisotopic (exact) mass is 260 g/mol. The van der Waals surface area contributed by atoms with Gasteiger partial charge >= 0.3 is 0 Å². The highest BCUT2D eigenvalue weighted by Crippen LogP contribution is 2.24. The summed E-state index contributed by atoms with van der Waals surface area (Å²) in [5.41, 5.74) is 8.33. The quantitative estimate of drug-likeness (QED) is 0.878. The van der Waals surface area contributed by atoms with Gasteiger partial charge in [-0.2, -0.15) is 0 Å². The van der Waals surface area contributed by atoms with E-state index in [4.69, 9.17) is 5.73 Å². The molecule has 0 radical (unpaired) electrons. The minimum absolute atomic E-state index is 0.0613. The van der Waals surface area contributed by atoms with E-state index in [2.05, 4.69) is 36.5 Å². The van der Waals surface area contributed by atoms with E-state index in [0.717, 1.165) is 31.2 Å². The van der Waals surface area contributed by atoms with Crippen molar-refractivity contribution in [3.05, 3.63) is 35.4 Å². The van der Waals surface area contributed by atoms with E-state index in [-0.39, 0.29) is 23.9 Å². The summed E-state index contributed by atoms with van der Waals surface area (Å²) in [5, 5.41) is 3.11. The second-order valence-electron chi connectivity index (χ2n) is 5.76. The number of carbonyl (C=O) groups is 1. The van der Waals surface area contributed by atoms with Crippen LogP contribution in [0.1, 0.15) is 49.8 Å². The normalized spacial score (nSPS) is 24.8. The largest absolute Gasteiger partial charge is 0.349 e. The molecule has 2 unspecified atom stereocenters. The summed E-state index contributed by atoms with van der Waals surface area (Å²) in [6.07, 6.45) is 3.92. The fraction of sp³-hybridized carbons (Fsp3) is 0.562. The highest BCUT2D eigenvalue weighted by atomic mass is 16.1. The molecule has 0 saturated heterocycles. The minimum Gasteiger partial charge on any atom is -0.349 e. The fourth-order valence-corrected chi connectivity index (χ4v) is 2.74. The molecule has 3 N–H and O–H groups in total. The molecule has 1 aliphatic carbocycles. The number of rotatable bonds is 3. The summed E-state index contributed by atoms with van der Waals surface area (Å²) in [6, 6.07) is 8.56. The van der Waals surface area contributed by atoms with Crippen molar-refractivity contribution in [3.63, 3.8) is 0 Å². The SMILES string of the molecule is Cc1ccc([C@@H](C)NC(=O)C2CCCC(N)C2)cc1. The van der Waals surface area contributed by atoms with Gasteiger partial charge in [-0.15, -0.1) is 0 Å². The van der Waals surface area contributed by atoms with Crippen LogP contribution < -0.4 is 11.1 Å². The molecule has 19 heavy (non-hydrogen) atoms. The lowest BCUT2D eigenvalue weighted by Gasteiger charge is -2.27. The maximum atomic E-state index is 12.2. The van der Waals surface area contributed by atoms with Crippen LogP contribution in [0, 0.1) is 12.8 Å². The lowest BCUT2D eigenvalue weighted by Crippen LogP contribution is -2.38. The van der Waals surface area contributed by atoms with Crippen molar-refractivity contribution < 1.29 is 4.79 Å². The Labute approximate surface area is 115 Å². The van der Waals surface area contributed by atoms with Crippen molar-refractivity contribution in [2.45, 2.75) is 51.6 Å². The van der Waals surface area contributed by atoms with Gasteiger partial charge in [0.05, 0.1) is 6.04 Å². The molecule has 2 rings (SSSR count). The predicted octanol–water partition coefficient (Wildman–Crippen LogP) is 2.69. The Balaban J connectivity index is 1.92. The van der Waals surface area contributed by atoms with Crippen molar-refractivity contribution in [1.82, 2.24) is 5.32 Å². The van der Waals surface area contributed by atoms with Gasteiger partial charge in [-0.1, -0.05) is 36.2 Å². The summed E-state index contributed by atoms with van der Waals surface area (Å²) in [6.45, 7) is 4.10. The predicted molar refractivity (Wildman–Crippen MR) is 77.7 cm³/mol. The Morgan fingerprint density at radius 1 is 1.32 bits per heavy atom. The Hall–Kier alpha value is -1.35. The Morgan fingerprint density at radius 2 is 2.00 bits per heavy atom. The molecule has 104 valence electrons. The second kappa shape index (κ2) is 6.20. The number of carbonyl (C=O) groups excluding carboxylic acids is 1. The summed E-state index contributed by atoms with van der Waals surface area (Å²) in [5.74, 6) is 0.250. The molecule has 3 atom stereocenters. The highest BCUT2D eigenvalue weighted by Gasteiger charge is 2.26. The molecule has 0 aliphatic heterocycles. The van der Waals surface area contributed by atoms with Gasteiger partial charge in [0.1, 0.15) is 0 Å². The van der Waals surface area contributed by atoms with E-state index in [1.165, 1.54) is 5.56 Å². The zero-order valence-corrected chi connectivity index (χ0v) is 11.9. The third kappa shape index (κ3) is 3.80. The molecule has 0 bridgehead atoms. The molecule has 0 aromatic heterocycles. The average molecular weight is 260 g/mol. The molecule has 1 fully saturated rings. The summed E-state index contributed by atoms with van der Waals surface area (Å²) < 4.78 is 0. The van der Waals surface area contributed by atoms with E-state index in [0.29, 0.717) is 0 Å². The first kappa shape index (κ1) is 14.1. The molecular weight excluding hydrogens is 236 g/mol. The van der Waals surface area contributed by atoms with Crippen LogP contribution >= 0.6 is 0 Å². The van der Waals surface area contributed by atoms with Crippen molar-refractivity contribution >= 4 is 5.91 Å². The molecule has 0 spiro atoms. The smallest absolute Gasteiger partial charge is 0.223 e. The molecule has 1 amide bonds. The summed E-state index contributed by atoms with van der Waals surface area (Å²) in [4.78, 5) is 12.2. The van der Waals surface area contributed by atoms with E-state index in [1.807, 2.05) is 6.92 Å².